The van der Waals surface area contributed by atoms with E-state index >= 15 is 0 Å². The van der Waals surface area contributed by atoms with Crippen molar-refractivity contribution in [2.45, 2.75) is 32.9 Å². The van der Waals surface area contributed by atoms with Gasteiger partial charge in [-0.3, -0.25) is 9.89 Å². The number of rotatable bonds is 5. The number of aromatic nitrogens is 2. The third kappa shape index (κ3) is 3.48. The summed E-state index contributed by atoms with van der Waals surface area (Å²) in [5.41, 5.74) is 1.77. The molecule has 0 aliphatic carbocycles. The fraction of sp³-hybridized carbons (Fsp3) is 0.444. The largest absolute Gasteiger partial charge is 0.329 e. The zero-order valence-electron chi connectivity index (χ0n) is 14.1. The average Bonchev–Trinajstić information content (AvgIpc) is 3.22. The highest BCUT2D eigenvalue weighted by molar-refractivity contribution is 5.92. The molecule has 24 heavy (non-hydrogen) atoms. The molecule has 1 aliphatic rings. The van der Waals surface area contributed by atoms with Crippen LogP contribution >= 0.6 is 0 Å². The number of carbonyl (C=O) groups excluding carboxylic acids is 1. The lowest BCUT2D eigenvalue weighted by Gasteiger charge is -2.29. The number of halogens is 1. The molecule has 1 atom stereocenters. The van der Waals surface area contributed by atoms with E-state index in [1.165, 1.54) is 6.07 Å². The second-order valence-corrected chi connectivity index (χ2v) is 6.28. The van der Waals surface area contributed by atoms with Crippen LogP contribution in [0.3, 0.4) is 0 Å². The van der Waals surface area contributed by atoms with Gasteiger partial charge in [-0.2, -0.15) is 5.10 Å². The van der Waals surface area contributed by atoms with Crippen LogP contribution in [0.1, 0.15) is 35.1 Å². The van der Waals surface area contributed by atoms with Crippen LogP contribution in [0, 0.1) is 12.7 Å². The van der Waals surface area contributed by atoms with Crippen LogP contribution in [0.15, 0.2) is 30.3 Å². The van der Waals surface area contributed by atoms with Crippen LogP contribution in [0.25, 0.3) is 0 Å². The summed E-state index contributed by atoms with van der Waals surface area (Å²) in [4.78, 5) is 17.1. The van der Waals surface area contributed by atoms with Gasteiger partial charge in [0.15, 0.2) is 0 Å². The van der Waals surface area contributed by atoms with E-state index in [1.54, 1.807) is 29.2 Å². The van der Waals surface area contributed by atoms with Crippen molar-refractivity contribution in [2.75, 3.05) is 19.6 Å². The molecule has 2 aromatic rings. The molecule has 5 nitrogen and oxygen atoms in total. The van der Waals surface area contributed by atoms with Crippen molar-refractivity contribution in [3.63, 3.8) is 0 Å². The molecule has 0 saturated carbocycles. The Hall–Kier alpha value is -2.21. The van der Waals surface area contributed by atoms with Gasteiger partial charge in [0.05, 0.1) is 5.69 Å². The molecule has 1 fully saturated rings. The first kappa shape index (κ1) is 16.6. The Morgan fingerprint density at radius 1 is 1.46 bits per heavy atom. The minimum absolute atomic E-state index is 0.0839. The Morgan fingerprint density at radius 3 is 2.88 bits per heavy atom. The molecule has 1 amide bonds. The summed E-state index contributed by atoms with van der Waals surface area (Å²) in [5.74, 6) is -0.400. The molecule has 3 rings (SSSR count). The maximum Gasteiger partial charge on any atom is 0.272 e. The lowest BCUT2D eigenvalue weighted by molar-refractivity contribution is 0.0657. The smallest absolute Gasteiger partial charge is 0.272 e. The van der Waals surface area contributed by atoms with E-state index in [0.29, 0.717) is 11.3 Å². The van der Waals surface area contributed by atoms with Crippen LogP contribution in [-0.4, -0.2) is 51.6 Å². The van der Waals surface area contributed by atoms with Crippen LogP contribution in [0.2, 0.25) is 0 Å². The molecular weight excluding hydrogens is 307 g/mol. The Kier molecular flexibility index (Phi) is 4.94. The highest BCUT2D eigenvalue weighted by Crippen LogP contribution is 2.21. The number of nitrogens with one attached hydrogen (secondary N) is 1. The molecule has 1 saturated heterocycles. The van der Waals surface area contributed by atoms with Gasteiger partial charge in [-0.1, -0.05) is 25.1 Å². The zero-order valence-corrected chi connectivity index (χ0v) is 14.1. The molecule has 1 N–H and O–H groups in total. The molecule has 0 radical (unpaired) electrons. The number of likely N-dealkylation sites (N-methyl/N-ethyl adjacent to an activating group) is 1. The fourth-order valence-electron chi connectivity index (χ4n) is 3.22. The molecule has 2 heterocycles. The Balaban J connectivity index is 1.86. The monoisotopic (exact) mass is 330 g/mol. The van der Waals surface area contributed by atoms with Gasteiger partial charge >= 0.3 is 0 Å². The summed E-state index contributed by atoms with van der Waals surface area (Å²) in [7, 11) is 0. The first-order valence-corrected chi connectivity index (χ1v) is 8.37. The van der Waals surface area contributed by atoms with E-state index < -0.39 is 0 Å². The van der Waals surface area contributed by atoms with Gasteiger partial charge in [-0.05, 0) is 32.0 Å². The predicted octanol–water partition coefficient (Wildman–Crippen LogP) is 2.59. The van der Waals surface area contributed by atoms with Crippen LogP contribution < -0.4 is 0 Å². The molecule has 1 aromatic heterocycles. The second-order valence-electron chi connectivity index (χ2n) is 6.28. The van der Waals surface area contributed by atoms with E-state index in [-0.39, 0.29) is 24.3 Å². The molecule has 1 aromatic carbocycles. The van der Waals surface area contributed by atoms with E-state index in [2.05, 4.69) is 22.0 Å². The first-order chi connectivity index (χ1) is 11.6. The SMILES string of the molecule is CCN1CCC(N(Cc2ccccc2F)C(=O)c2cc(C)n[nH]2)C1. The number of aryl methyl sites for hydroxylation is 1. The number of nitrogens with zero attached hydrogens (tertiary/aromatic N) is 3. The van der Waals surface area contributed by atoms with Gasteiger partial charge in [0.2, 0.25) is 0 Å². The standard InChI is InChI=1S/C18H23FN4O/c1-3-22-9-8-15(12-22)23(11-14-6-4-5-7-16(14)19)18(24)17-10-13(2)20-21-17/h4-7,10,15H,3,8-9,11-12H2,1-2H3,(H,20,21). The van der Waals surface area contributed by atoms with Crippen molar-refractivity contribution in [2.24, 2.45) is 0 Å². The van der Waals surface area contributed by atoms with Crippen molar-refractivity contribution in [3.05, 3.63) is 53.1 Å². The van der Waals surface area contributed by atoms with Crippen LogP contribution in [-0.2, 0) is 6.54 Å². The number of hydrogen-bond acceptors (Lipinski definition) is 3. The van der Waals surface area contributed by atoms with Gasteiger partial charge < -0.3 is 9.80 Å². The van der Waals surface area contributed by atoms with Crippen molar-refractivity contribution < 1.29 is 9.18 Å². The fourth-order valence-corrected chi connectivity index (χ4v) is 3.22. The van der Waals surface area contributed by atoms with Gasteiger partial charge in [-0.15, -0.1) is 0 Å². The average molecular weight is 330 g/mol. The van der Waals surface area contributed by atoms with Crippen molar-refractivity contribution in [3.8, 4) is 0 Å². The molecule has 0 bridgehead atoms. The number of aromatic amines is 1. The number of hydrogen-bond donors (Lipinski definition) is 1. The summed E-state index contributed by atoms with van der Waals surface area (Å²) < 4.78 is 14.1. The minimum atomic E-state index is -0.276. The second kappa shape index (κ2) is 7.13. The number of H-pyrrole nitrogens is 1. The maximum absolute atomic E-state index is 14.1. The first-order valence-electron chi connectivity index (χ1n) is 8.37. The number of amides is 1. The lowest BCUT2D eigenvalue weighted by atomic mass is 10.1. The Bertz CT molecular complexity index is 715. The van der Waals surface area contributed by atoms with Crippen LogP contribution in [0.4, 0.5) is 4.39 Å². The number of carbonyl (C=O) groups is 1. The number of benzene rings is 1. The molecular formula is C18H23FN4O. The van der Waals surface area contributed by atoms with E-state index in [9.17, 15) is 9.18 Å². The van der Waals surface area contributed by atoms with E-state index in [1.807, 2.05) is 6.92 Å². The molecule has 1 unspecified atom stereocenters. The third-order valence-electron chi connectivity index (χ3n) is 4.63. The zero-order chi connectivity index (χ0) is 17.1. The molecule has 128 valence electrons. The normalized spacial score (nSPS) is 18.0. The van der Waals surface area contributed by atoms with E-state index in [4.69, 9.17) is 0 Å². The van der Waals surface area contributed by atoms with Gasteiger partial charge in [-0.25, -0.2) is 4.39 Å². The Labute approximate surface area is 141 Å². The summed E-state index contributed by atoms with van der Waals surface area (Å²) in [6.07, 6.45) is 0.904. The maximum atomic E-state index is 14.1. The molecule has 6 heteroatoms. The van der Waals surface area contributed by atoms with Gasteiger partial charge in [0, 0.05) is 31.2 Å². The summed E-state index contributed by atoms with van der Waals surface area (Å²) in [6, 6.07) is 8.46. The van der Waals surface area contributed by atoms with E-state index in [0.717, 1.165) is 31.7 Å². The third-order valence-corrected chi connectivity index (χ3v) is 4.63. The minimum Gasteiger partial charge on any atom is -0.329 e. The quantitative estimate of drug-likeness (QED) is 0.917. The van der Waals surface area contributed by atoms with Gasteiger partial charge in [0.1, 0.15) is 11.5 Å². The summed E-state index contributed by atoms with van der Waals surface area (Å²) >= 11 is 0. The summed E-state index contributed by atoms with van der Waals surface area (Å²) in [6.45, 7) is 6.97. The highest BCUT2D eigenvalue weighted by atomic mass is 19.1. The molecule has 0 spiro atoms. The topological polar surface area (TPSA) is 52.2 Å². The lowest BCUT2D eigenvalue weighted by Crippen LogP contribution is -2.42. The van der Waals surface area contributed by atoms with Gasteiger partial charge in [0.25, 0.3) is 5.91 Å². The molecule has 1 aliphatic heterocycles. The Morgan fingerprint density at radius 2 is 2.25 bits per heavy atom. The summed E-state index contributed by atoms with van der Waals surface area (Å²) in [5, 5.41) is 6.83. The number of likely N-dealkylation sites (tertiary alicyclic amines) is 1. The highest BCUT2D eigenvalue weighted by Gasteiger charge is 2.31. The van der Waals surface area contributed by atoms with Crippen molar-refractivity contribution in [1.82, 2.24) is 20.0 Å². The van der Waals surface area contributed by atoms with Crippen molar-refractivity contribution >= 4 is 5.91 Å². The predicted molar refractivity (Wildman–Crippen MR) is 90.1 cm³/mol. The van der Waals surface area contributed by atoms with Crippen molar-refractivity contribution in [1.29, 1.82) is 0 Å². The van der Waals surface area contributed by atoms with Crippen LogP contribution in [0.5, 0.6) is 0 Å².